The van der Waals surface area contributed by atoms with Gasteiger partial charge >= 0.3 is 22.0 Å². The van der Waals surface area contributed by atoms with Crippen LogP contribution < -0.4 is 25.6 Å². The Labute approximate surface area is 195 Å². The van der Waals surface area contributed by atoms with Crippen LogP contribution >= 0.6 is 0 Å². The molecule has 11 nitrogen and oxygen atoms in total. The molecule has 1 aromatic carbocycles. The van der Waals surface area contributed by atoms with Crippen LogP contribution in [-0.2, 0) is 24.6 Å². The second kappa shape index (κ2) is 15.9. The van der Waals surface area contributed by atoms with Gasteiger partial charge in [-0.15, -0.1) is 0 Å². The van der Waals surface area contributed by atoms with Crippen molar-refractivity contribution >= 4 is 39.3 Å². The summed E-state index contributed by atoms with van der Waals surface area (Å²) in [6.07, 6.45) is 7.73. The van der Waals surface area contributed by atoms with Gasteiger partial charge in [-0.25, -0.2) is 4.72 Å². The van der Waals surface area contributed by atoms with E-state index in [-0.39, 0.29) is 25.3 Å². The molecule has 0 spiro atoms. The molecule has 0 heterocycles. The summed E-state index contributed by atoms with van der Waals surface area (Å²) >= 11 is 0. The van der Waals surface area contributed by atoms with Crippen LogP contribution in [0.25, 0.3) is 0 Å². The van der Waals surface area contributed by atoms with Gasteiger partial charge < -0.3 is 10.4 Å². The fourth-order valence-electron chi connectivity index (χ4n) is 2.79. The predicted octanol–water partition coefficient (Wildman–Crippen LogP) is 1.54. The predicted molar refractivity (Wildman–Crippen MR) is 126 cm³/mol. The zero-order valence-corrected chi connectivity index (χ0v) is 19.8. The quantitative estimate of drug-likeness (QED) is 0.117. The van der Waals surface area contributed by atoms with E-state index in [9.17, 15) is 22.8 Å². The summed E-state index contributed by atoms with van der Waals surface area (Å²) in [4.78, 5) is 35.1. The number of nitrogens with one attached hydrogen (secondary N) is 5. The van der Waals surface area contributed by atoms with Crippen molar-refractivity contribution in [2.75, 3.05) is 23.3 Å². The molecule has 0 aromatic heterocycles. The zero-order chi connectivity index (χ0) is 24.5. The Kier molecular flexibility index (Phi) is 13.5. The van der Waals surface area contributed by atoms with Crippen LogP contribution in [0.4, 0.5) is 11.4 Å². The molecule has 186 valence electrons. The number of carbonyl (C=O) groups is 3. The summed E-state index contributed by atoms with van der Waals surface area (Å²) in [5.41, 5.74) is 5.34. The van der Waals surface area contributed by atoms with E-state index in [1.54, 1.807) is 0 Å². The molecule has 1 aromatic rings. The molecule has 0 saturated heterocycles. The van der Waals surface area contributed by atoms with Gasteiger partial charge in [0, 0.05) is 19.6 Å². The van der Waals surface area contributed by atoms with Crippen molar-refractivity contribution in [3.63, 3.8) is 0 Å². The molecule has 0 unspecified atom stereocenters. The van der Waals surface area contributed by atoms with Gasteiger partial charge in [0.1, 0.15) is 0 Å². The van der Waals surface area contributed by atoms with Crippen molar-refractivity contribution in [1.29, 1.82) is 0 Å². The molecule has 12 heteroatoms. The molecule has 0 aliphatic carbocycles. The molecule has 0 saturated carbocycles. The lowest BCUT2D eigenvalue weighted by Gasteiger charge is -2.11. The van der Waals surface area contributed by atoms with Crippen LogP contribution in [0.1, 0.15) is 64.7 Å². The number of hydrogen-bond donors (Lipinski definition) is 6. The number of rotatable bonds is 16. The number of carbonyl (C=O) groups excluding carboxylic acids is 3. The maximum absolute atomic E-state index is 12.1. The molecule has 1 rings (SSSR count). The Morgan fingerprint density at radius 1 is 0.848 bits per heavy atom. The van der Waals surface area contributed by atoms with Gasteiger partial charge in [-0.2, -0.15) is 8.42 Å². The van der Waals surface area contributed by atoms with Crippen LogP contribution in [0.15, 0.2) is 24.3 Å². The Morgan fingerprint density at radius 2 is 1.45 bits per heavy atom. The SMILES string of the molecule is CCCCCCCCCC(=O)NS(=O)(=O)Nc1ccc(NNC(=O)C(=O)NCCCO)cc1. The molecular formula is C21H35N5O6S. The maximum atomic E-state index is 12.1. The minimum atomic E-state index is -4.06. The highest BCUT2D eigenvalue weighted by Crippen LogP contribution is 2.14. The first-order chi connectivity index (χ1) is 15.8. The van der Waals surface area contributed by atoms with E-state index in [2.05, 4.69) is 27.8 Å². The summed E-state index contributed by atoms with van der Waals surface area (Å²) in [7, 11) is -4.06. The average molecular weight is 486 g/mol. The Hall–Kier alpha value is -2.86. The first kappa shape index (κ1) is 28.2. The number of anilines is 2. The molecule has 0 aliphatic rings. The van der Waals surface area contributed by atoms with Gasteiger partial charge in [0.05, 0.1) is 11.4 Å². The van der Waals surface area contributed by atoms with Crippen molar-refractivity contribution in [1.82, 2.24) is 15.5 Å². The molecule has 0 fully saturated rings. The number of benzene rings is 1. The van der Waals surface area contributed by atoms with Crippen molar-refractivity contribution in [3.8, 4) is 0 Å². The summed E-state index contributed by atoms with van der Waals surface area (Å²) in [6.45, 7) is 2.22. The van der Waals surface area contributed by atoms with E-state index in [1.165, 1.54) is 43.5 Å². The summed E-state index contributed by atoms with van der Waals surface area (Å²) in [5, 5.41) is 11.0. The Morgan fingerprint density at radius 3 is 2.09 bits per heavy atom. The lowest BCUT2D eigenvalue weighted by atomic mass is 10.1. The standard InChI is InChI=1S/C21H35N5O6S/c1-2-3-4-5-6-7-8-10-19(28)26-33(31,32)25-18-13-11-17(12-14-18)23-24-21(30)20(29)22-15-9-16-27/h11-14,23,25,27H,2-10,15-16H2,1H3,(H,22,29)(H,24,30)(H,26,28). The number of hydrazine groups is 1. The van der Waals surface area contributed by atoms with Gasteiger partial charge in [0.25, 0.3) is 0 Å². The van der Waals surface area contributed by atoms with Crippen molar-refractivity contribution < 1.29 is 27.9 Å². The first-order valence-electron chi connectivity index (χ1n) is 11.2. The van der Waals surface area contributed by atoms with Crippen LogP contribution in [0.2, 0.25) is 0 Å². The fraction of sp³-hybridized carbons (Fsp3) is 0.571. The smallest absolute Gasteiger partial charge is 0.327 e. The highest BCUT2D eigenvalue weighted by molar-refractivity contribution is 7.91. The van der Waals surface area contributed by atoms with Crippen LogP contribution in [-0.4, -0.2) is 44.4 Å². The van der Waals surface area contributed by atoms with E-state index in [0.29, 0.717) is 18.5 Å². The largest absolute Gasteiger partial charge is 0.396 e. The van der Waals surface area contributed by atoms with E-state index < -0.39 is 27.9 Å². The maximum Gasteiger partial charge on any atom is 0.327 e. The minimum Gasteiger partial charge on any atom is -0.396 e. The van der Waals surface area contributed by atoms with Crippen molar-refractivity contribution in [2.24, 2.45) is 0 Å². The second-order valence-corrected chi connectivity index (χ2v) is 8.91. The normalized spacial score (nSPS) is 10.8. The monoisotopic (exact) mass is 485 g/mol. The van der Waals surface area contributed by atoms with Gasteiger partial charge in [0.15, 0.2) is 0 Å². The molecule has 0 radical (unpaired) electrons. The van der Waals surface area contributed by atoms with Gasteiger partial charge in [0.2, 0.25) is 5.91 Å². The Balaban J connectivity index is 2.36. The summed E-state index contributed by atoms with van der Waals surface area (Å²) in [6, 6.07) is 5.80. The third kappa shape index (κ3) is 13.3. The molecule has 0 atom stereocenters. The van der Waals surface area contributed by atoms with Crippen molar-refractivity contribution in [3.05, 3.63) is 24.3 Å². The molecule has 0 aliphatic heterocycles. The Bertz CT molecular complexity index is 845. The first-order valence-corrected chi connectivity index (χ1v) is 12.6. The van der Waals surface area contributed by atoms with E-state index >= 15 is 0 Å². The van der Waals surface area contributed by atoms with Crippen molar-refractivity contribution in [2.45, 2.75) is 64.7 Å². The summed E-state index contributed by atoms with van der Waals surface area (Å²) in [5.74, 6) is -2.33. The number of hydrogen-bond acceptors (Lipinski definition) is 7. The molecule has 0 bridgehead atoms. The molecule has 6 N–H and O–H groups in total. The van der Waals surface area contributed by atoms with E-state index in [0.717, 1.165) is 19.3 Å². The zero-order valence-electron chi connectivity index (χ0n) is 19.0. The topological polar surface area (TPSA) is 166 Å². The third-order valence-electron chi connectivity index (χ3n) is 4.54. The van der Waals surface area contributed by atoms with E-state index in [1.807, 2.05) is 4.72 Å². The highest BCUT2D eigenvalue weighted by atomic mass is 32.2. The third-order valence-corrected chi connectivity index (χ3v) is 5.54. The van der Waals surface area contributed by atoms with Crippen LogP contribution in [0.3, 0.4) is 0 Å². The van der Waals surface area contributed by atoms with Gasteiger partial charge in [-0.3, -0.25) is 30.0 Å². The molecular weight excluding hydrogens is 450 g/mol. The minimum absolute atomic E-state index is 0.0981. The number of unbranched alkanes of at least 4 members (excludes halogenated alkanes) is 6. The second-order valence-electron chi connectivity index (χ2n) is 7.49. The number of aliphatic hydroxyl groups excluding tert-OH is 1. The van der Waals surface area contributed by atoms with Crippen LogP contribution in [0, 0.1) is 0 Å². The van der Waals surface area contributed by atoms with Gasteiger partial charge in [-0.1, -0.05) is 45.4 Å². The fourth-order valence-corrected chi connectivity index (χ4v) is 3.69. The number of amides is 3. The van der Waals surface area contributed by atoms with E-state index in [4.69, 9.17) is 5.11 Å². The number of aliphatic hydroxyl groups is 1. The molecule has 3 amide bonds. The average Bonchev–Trinajstić information content (AvgIpc) is 2.77. The lowest BCUT2D eigenvalue weighted by Crippen LogP contribution is -2.42. The van der Waals surface area contributed by atoms with Gasteiger partial charge in [-0.05, 0) is 37.1 Å². The van der Waals surface area contributed by atoms with Crippen LogP contribution in [0.5, 0.6) is 0 Å². The lowest BCUT2D eigenvalue weighted by molar-refractivity contribution is -0.138. The summed E-state index contributed by atoms with van der Waals surface area (Å²) < 4.78 is 28.5. The highest BCUT2D eigenvalue weighted by Gasteiger charge is 2.15. The molecule has 33 heavy (non-hydrogen) atoms.